The minimum absolute atomic E-state index is 0.250. The number of benzene rings is 2. The lowest BCUT2D eigenvalue weighted by Gasteiger charge is -2.38. The molecule has 0 radical (unpaired) electrons. The molecule has 0 bridgehead atoms. The van der Waals surface area contributed by atoms with E-state index in [4.69, 9.17) is 14.2 Å². The number of methoxy groups -OCH3 is 2. The number of ether oxygens (including phenoxy) is 3. The van der Waals surface area contributed by atoms with Crippen LogP contribution in [0.25, 0.3) is 0 Å². The average molecular weight is 406 g/mol. The predicted molar refractivity (Wildman–Crippen MR) is 108 cm³/mol. The van der Waals surface area contributed by atoms with Gasteiger partial charge in [0, 0.05) is 12.0 Å². The number of fused-ring (bicyclic) bond motifs is 1. The molecule has 152 valence electrons. The van der Waals surface area contributed by atoms with Crippen molar-refractivity contribution in [1.82, 2.24) is 4.72 Å². The molecule has 0 saturated carbocycles. The standard InChI is InChI=1S/C21H27NO5S/c1-13-14(2)20(10-9-18(13)26-6)28(23,24)22-17-12-21(3,4)27-19-8-7-15(25-5)11-16(17)19/h7-11,17,22H,12H2,1-6H3/t17-/m0/s1. The normalized spacial score (nSPS) is 18.1. The quantitative estimate of drug-likeness (QED) is 0.817. The van der Waals surface area contributed by atoms with Crippen molar-refractivity contribution in [2.24, 2.45) is 0 Å². The maximum absolute atomic E-state index is 13.2. The molecule has 0 amide bonds. The number of rotatable bonds is 5. The van der Waals surface area contributed by atoms with Gasteiger partial charge in [0.2, 0.25) is 10.0 Å². The zero-order valence-corrected chi connectivity index (χ0v) is 17.9. The van der Waals surface area contributed by atoms with Crippen LogP contribution in [0.4, 0.5) is 0 Å². The summed E-state index contributed by atoms with van der Waals surface area (Å²) in [6.07, 6.45) is 0.501. The Balaban J connectivity index is 2.02. The van der Waals surface area contributed by atoms with Crippen LogP contribution in [-0.4, -0.2) is 28.2 Å². The van der Waals surface area contributed by atoms with E-state index < -0.39 is 21.7 Å². The summed E-state index contributed by atoms with van der Waals surface area (Å²) in [5, 5.41) is 0. The van der Waals surface area contributed by atoms with Gasteiger partial charge in [-0.15, -0.1) is 0 Å². The lowest BCUT2D eigenvalue weighted by molar-refractivity contribution is 0.0700. The highest BCUT2D eigenvalue weighted by atomic mass is 32.2. The first-order chi connectivity index (χ1) is 13.1. The SMILES string of the molecule is COc1ccc2c(c1)[C@@H](NS(=O)(=O)c1ccc(OC)c(C)c1C)CC(C)(C)O2. The summed E-state index contributed by atoms with van der Waals surface area (Å²) in [5.74, 6) is 1.98. The van der Waals surface area contributed by atoms with E-state index in [-0.39, 0.29) is 4.90 Å². The van der Waals surface area contributed by atoms with E-state index in [9.17, 15) is 8.42 Å². The summed E-state index contributed by atoms with van der Waals surface area (Å²) in [7, 11) is -0.599. The average Bonchev–Trinajstić information content (AvgIpc) is 2.62. The van der Waals surface area contributed by atoms with Gasteiger partial charge >= 0.3 is 0 Å². The molecule has 1 atom stereocenters. The fraction of sp³-hybridized carbons (Fsp3) is 0.429. The molecular formula is C21H27NO5S. The topological polar surface area (TPSA) is 73.9 Å². The molecule has 0 fully saturated rings. The molecule has 1 N–H and O–H groups in total. The van der Waals surface area contributed by atoms with Crippen LogP contribution >= 0.6 is 0 Å². The van der Waals surface area contributed by atoms with Crippen molar-refractivity contribution in [2.75, 3.05) is 14.2 Å². The first-order valence-corrected chi connectivity index (χ1v) is 10.6. The highest BCUT2D eigenvalue weighted by molar-refractivity contribution is 7.89. The monoisotopic (exact) mass is 405 g/mol. The van der Waals surface area contributed by atoms with Crippen LogP contribution in [0.5, 0.6) is 17.2 Å². The summed E-state index contributed by atoms with van der Waals surface area (Å²) >= 11 is 0. The fourth-order valence-corrected chi connectivity index (χ4v) is 5.11. The third-order valence-electron chi connectivity index (χ3n) is 5.17. The molecular weight excluding hydrogens is 378 g/mol. The maximum atomic E-state index is 13.2. The second-order valence-corrected chi connectivity index (χ2v) is 9.34. The van der Waals surface area contributed by atoms with Crippen molar-refractivity contribution < 1.29 is 22.6 Å². The minimum Gasteiger partial charge on any atom is -0.497 e. The molecule has 0 aliphatic carbocycles. The highest BCUT2D eigenvalue weighted by Crippen LogP contribution is 2.42. The van der Waals surface area contributed by atoms with Crippen LogP contribution < -0.4 is 18.9 Å². The Hall–Kier alpha value is -2.25. The maximum Gasteiger partial charge on any atom is 0.241 e. The molecule has 1 aliphatic heterocycles. The first-order valence-electron chi connectivity index (χ1n) is 9.11. The number of sulfonamides is 1. The predicted octanol–water partition coefficient (Wildman–Crippen LogP) is 3.90. The third-order valence-corrected chi connectivity index (χ3v) is 6.79. The van der Waals surface area contributed by atoms with Crippen LogP contribution in [0.2, 0.25) is 0 Å². The summed E-state index contributed by atoms with van der Waals surface area (Å²) < 4.78 is 46.0. The smallest absolute Gasteiger partial charge is 0.241 e. The molecule has 28 heavy (non-hydrogen) atoms. The van der Waals surface area contributed by atoms with Gasteiger partial charge in [0.1, 0.15) is 22.8 Å². The van der Waals surface area contributed by atoms with Crippen LogP contribution in [-0.2, 0) is 10.0 Å². The van der Waals surface area contributed by atoms with Crippen molar-refractivity contribution >= 4 is 10.0 Å². The van der Waals surface area contributed by atoms with Crippen LogP contribution in [0.15, 0.2) is 35.2 Å². The van der Waals surface area contributed by atoms with Crippen LogP contribution in [0.1, 0.15) is 43.0 Å². The molecule has 0 unspecified atom stereocenters. The third kappa shape index (κ3) is 3.82. The van der Waals surface area contributed by atoms with Gasteiger partial charge in [-0.05, 0) is 69.2 Å². The fourth-order valence-electron chi connectivity index (χ4n) is 3.60. The Morgan fingerprint density at radius 1 is 1.07 bits per heavy atom. The molecule has 1 aliphatic rings. The molecule has 0 spiro atoms. The van der Waals surface area contributed by atoms with Crippen molar-refractivity contribution in [1.29, 1.82) is 0 Å². The van der Waals surface area contributed by atoms with E-state index >= 15 is 0 Å². The highest BCUT2D eigenvalue weighted by Gasteiger charge is 2.36. The Bertz CT molecular complexity index is 998. The van der Waals surface area contributed by atoms with Crippen molar-refractivity contribution in [3.8, 4) is 17.2 Å². The molecule has 3 rings (SSSR count). The van der Waals surface area contributed by atoms with Crippen LogP contribution in [0.3, 0.4) is 0 Å². The van der Waals surface area contributed by atoms with Crippen molar-refractivity contribution in [3.63, 3.8) is 0 Å². The molecule has 1 heterocycles. The van der Waals surface area contributed by atoms with Gasteiger partial charge in [-0.1, -0.05) is 0 Å². The van der Waals surface area contributed by atoms with Gasteiger partial charge in [0.15, 0.2) is 0 Å². The van der Waals surface area contributed by atoms with Crippen molar-refractivity contribution in [2.45, 2.75) is 50.7 Å². The van der Waals surface area contributed by atoms with Crippen LogP contribution in [0, 0.1) is 13.8 Å². The van der Waals surface area contributed by atoms with E-state index in [0.29, 0.717) is 29.2 Å². The summed E-state index contributed by atoms with van der Waals surface area (Å²) in [6, 6.07) is 8.29. The van der Waals surface area contributed by atoms with Gasteiger partial charge in [-0.3, -0.25) is 0 Å². The molecule has 2 aromatic carbocycles. The van der Waals surface area contributed by atoms with E-state index in [2.05, 4.69) is 4.72 Å². The molecule has 7 heteroatoms. The van der Waals surface area contributed by atoms with E-state index in [1.807, 2.05) is 39.0 Å². The zero-order valence-electron chi connectivity index (χ0n) is 17.1. The van der Waals surface area contributed by atoms with E-state index in [0.717, 1.165) is 11.1 Å². The van der Waals surface area contributed by atoms with E-state index in [1.54, 1.807) is 33.3 Å². The summed E-state index contributed by atoms with van der Waals surface area (Å²) in [4.78, 5) is 0.250. The molecule has 0 aromatic heterocycles. The minimum atomic E-state index is -3.75. The summed E-state index contributed by atoms with van der Waals surface area (Å²) in [5.41, 5.74) is 1.74. The lowest BCUT2D eigenvalue weighted by Crippen LogP contribution is -2.41. The molecule has 0 saturated heterocycles. The first kappa shape index (κ1) is 20.5. The Morgan fingerprint density at radius 3 is 2.43 bits per heavy atom. The largest absolute Gasteiger partial charge is 0.497 e. The molecule has 2 aromatic rings. The zero-order chi connectivity index (χ0) is 20.7. The molecule has 6 nitrogen and oxygen atoms in total. The number of hydrogen-bond donors (Lipinski definition) is 1. The summed E-state index contributed by atoms with van der Waals surface area (Å²) in [6.45, 7) is 7.54. The van der Waals surface area contributed by atoms with Gasteiger partial charge in [-0.2, -0.15) is 0 Å². The van der Waals surface area contributed by atoms with Gasteiger partial charge < -0.3 is 14.2 Å². The Labute approximate surface area is 166 Å². The van der Waals surface area contributed by atoms with Crippen molar-refractivity contribution in [3.05, 3.63) is 47.0 Å². The number of hydrogen-bond acceptors (Lipinski definition) is 5. The van der Waals surface area contributed by atoms with Gasteiger partial charge in [0.05, 0.1) is 25.2 Å². The second kappa shape index (κ2) is 7.29. The number of nitrogens with one attached hydrogen (secondary N) is 1. The van der Waals surface area contributed by atoms with Gasteiger partial charge in [-0.25, -0.2) is 13.1 Å². The van der Waals surface area contributed by atoms with E-state index in [1.165, 1.54) is 0 Å². The van der Waals surface area contributed by atoms with Gasteiger partial charge in [0.25, 0.3) is 0 Å². The Morgan fingerprint density at radius 2 is 1.79 bits per heavy atom. The lowest BCUT2D eigenvalue weighted by atomic mass is 9.90. The Kier molecular flexibility index (Phi) is 5.34. The second-order valence-electron chi connectivity index (χ2n) is 7.66.